The summed E-state index contributed by atoms with van der Waals surface area (Å²) < 4.78 is 0. The maximum atomic E-state index is 12.1. The van der Waals surface area contributed by atoms with Crippen molar-refractivity contribution in [1.29, 1.82) is 0 Å². The molecule has 2 amide bonds. The van der Waals surface area contributed by atoms with Crippen molar-refractivity contribution in [2.75, 3.05) is 11.9 Å². The molecule has 2 aliphatic carbocycles. The number of carbonyl (C=O) groups is 1. The summed E-state index contributed by atoms with van der Waals surface area (Å²) in [6.07, 6.45) is 3.31. The van der Waals surface area contributed by atoms with E-state index in [-0.39, 0.29) is 30.3 Å². The first-order chi connectivity index (χ1) is 10.6. The van der Waals surface area contributed by atoms with Crippen LogP contribution in [0.4, 0.5) is 16.2 Å². The Hall–Kier alpha value is -2.15. The van der Waals surface area contributed by atoms with Crippen molar-refractivity contribution >= 4 is 17.4 Å². The van der Waals surface area contributed by atoms with Crippen molar-refractivity contribution in [2.24, 2.45) is 17.8 Å². The average Bonchev–Trinajstić information content (AvgIpc) is 3.08. The van der Waals surface area contributed by atoms with Crippen LogP contribution in [0.15, 0.2) is 24.3 Å². The van der Waals surface area contributed by atoms with Crippen LogP contribution in [0.3, 0.4) is 0 Å². The van der Waals surface area contributed by atoms with Gasteiger partial charge in [0.15, 0.2) is 0 Å². The number of urea groups is 1. The molecule has 118 valence electrons. The van der Waals surface area contributed by atoms with Crippen molar-refractivity contribution in [1.82, 2.24) is 5.32 Å². The molecule has 0 aromatic heterocycles. The molecule has 0 spiro atoms. The standard InChI is InChI=1S/C15H19N3O4/c19-8-13-9-1-2-10(7-9)14(13)17-15(20)16-11-3-5-12(6-4-11)18(21)22/h3-6,9-10,13-14,19H,1-2,7-8H2,(H2,16,17,20)/t9-,10-,13+,14-/m0/s1. The number of carbonyl (C=O) groups excluding carboxylic acids is 1. The molecule has 1 aromatic rings. The lowest BCUT2D eigenvalue weighted by Crippen LogP contribution is -2.46. The highest BCUT2D eigenvalue weighted by molar-refractivity contribution is 5.89. The number of aliphatic hydroxyl groups excluding tert-OH is 1. The molecule has 4 atom stereocenters. The van der Waals surface area contributed by atoms with Crippen molar-refractivity contribution in [2.45, 2.75) is 25.3 Å². The van der Waals surface area contributed by atoms with Crippen molar-refractivity contribution < 1.29 is 14.8 Å². The van der Waals surface area contributed by atoms with E-state index in [1.165, 1.54) is 24.3 Å². The van der Waals surface area contributed by atoms with E-state index in [9.17, 15) is 20.0 Å². The summed E-state index contributed by atoms with van der Waals surface area (Å²) in [4.78, 5) is 22.2. The Kier molecular flexibility index (Phi) is 3.98. The molecule has 3 rings (SSSR count). The molecule has 7 heteroatoms. The first kappa shape index (κ1) is 14.8. The molecule has 1 aromatic carbocycles. The maximum Gasteiger partial charge on any atom is 0.319 e. The van der Waals surface area contributed by atoms with Gasteiger partial charge in [-0.05, 0) is 43.2 Å². The smallest absolute Gasteiger partial charge is 0.319 e. The Balaban J connectivity index is 1.59. The monoisotopic (exact) mass is 305 g/mol. The van der Waals surface area contributed by atoms with Gasteiger partial charge >= 0.3 is 6.03 Å². The van der Waals surface area contributed by atoms with Crippen LogP contribution in [0.5, 0.6) is 0 Å². The summed E-state index contributed by atoms with van der Waals surface area (Å²) in [5.74, 6) is 1.10. The molecule has 3 N–H and O–H groups in total. The molecular weight excluding hydrogens is 286 g/mol. The molecule has 2 saturated carbocycles. The lowest BCUT2D eigenvalue weighted by atomic mass is 9.85. The first-order valence-corrected chi connectivity index (χ1v) is 7.51. The Bertz CT molecular complexity index is 575. The third-order valence-corrected chi connectivity index (χ3v) is 4.93. The summed E-state index contributed by atoms with van der Waals surface area (Å²) in [6.45, 7) is 0.101. The summed E-state index contributed by atoms with van der Waals surface area (Å²) in [6, 6.07) is 5.39. The molecule has 0 radical (unpaired) electrons. The number of nitrogens with zero attached hydrogens (tertiary/aromatic N) is 1. The fourth-order valence-electron chi connectivity index (χ4n) is 3.88. The number of amides is 2. The lowest BCUT2D eigenvalue weighted by molar-refractivity contribution is -0.384. The Labute approximate surface area is 127 Å². The highest BCUT2D eigenvalue weighted by atomic mass is 16.6. The molecule has 2 aliphatic rings. The van der Waals surface area contributed by atoms with E-state index in [2.05, 4.69) is 10.6 Å². The van der Waals surface area contributed by atoms with Crippen LogP contribution in [-0.4, -0.2) is 28.7 Å². The Morgan fingerprint density at radius 1 is 1.27 bits per heavy atom. The van der Waals surface area contributed by atoms with E-state index < -0.39 is 4.92 Å². The molecule has 2 fully saturated rings. The van der Waals surface area contributed by atoms with E-state index in [1.807, 2.05) is 0 Å². The van der Waals surface area contributed by atoms with Gasteiger partial charge in [-0.3, -0.25) is 10.1 Å². The normalized spacial score (nSPS) is 29.3. The van der Waals surface area contributed by atoms with Crippen LogP contribution < -0.4 is 10.6 Å². The Morgan fingerprint density at radius 3 is 2.59 bits per heavy atom. The van der Waals surface area contributed by atoms with Crippen LogP contribution in [0.2, 0.25) is 0 Å². The van der Waals surface area contributed by atoms with Crippen LogP contribution in [0, 0.1) is 27.9 Å². The predicted octanol–water partition coefficient (Wildman–Crippen LogP) is 2.12. The van der Waals surface area contributed by atoms with Gasteiger partial charge in [-0.15, -0.1) is 0 Å². The number of nitro benzene ring substituents is 1. The number of aliphatic hydroxyl groups is 1. The van der Waals surface area contributed by atoms with Crippen LogP contribution in [-0.2, 0) is 0 Å². The topological polar surface area (TPSA) is 104 Å². The number of benzene rings is 1. The summed E-state index contributed by atoms with van der Waals surface area (Å²) in [5, 5.41) is 25.7. The number of fused-ring (bicyclic) bond motifs is 2. The van der Waals surface area contributed by atoms with E-state index in [0.29, 0.717) is 17.5 Å². The van der Waals surface area contributed by atoms with Gasteiger partial charge in [0.05, 0.1) is 4.92 Å². The summed E-state index contributed by atoms with van der Waals surface area (Å²) >= 11 is 0. The molecule has 7 nitrogen and oxygen atoms in total. The third kappa shape index (κ3) is 2.76. The minimum atomic E-state index is -0.481. The van der Waals surface area contributed by atoms with Crippen molar-refractivity contribution in [3.63, 3.8) is 0 Å². The van der Waals surface area contributed by atoms with Crippen molar-refractivity contribution in [3.8, 4) is 0 Å². The quantitative estimate of drug-likeness (QED) is 0.585. The number of nitro groups is 1. The van der Waals surface area contributed by atoms with Crippen molar-refractivity contribution in [3.05, 3.63) is 34.4 Å². The number of hydrogen-bond acceptors (Lipinski definition) is 4. The number of non-ortho nitro benzene ring substituents is 1. The zero-order valence-electron chi connectivity index (χ0n) is 12.1. The van der Waals surface area contributed by atoms with Gasteiger partial charge < -0.3 is 15.7 Å². The highest BCUT2D eigenvalue weighted by Crippen LogP contribution is 2.48. The first-order valence-electron chi connectivity index (χ1n) is 7.51. The number of hydrogen-bond donors (Lipinski definition) is 3. The van der Waals surface area contributed by atoms with Crippen LogP contribution in [0.1, 0.15) is 19.3 Å². The molecule has 2 bridgehead atoms. The number of anilines is 1. The van der Waals surface area contributed by atoms with Gasteiger partial charge in [0, 0.05) is 36.4 Å². The van der Waals surface area contributed by atoms with E-state index >= 15 is 0 Å². The van der Waals surface area contributed by atoms with Gasteiger partial charge in [-0.1, -0.05) is 0 Å². The lowest BCUT2D eigenvalue weighted by Gasteiger charge is -2.30. The molecular formula is C15H19N3O4. The van der Waals surface area contributed by atoms with Gasteiger partial charge in [-0.25, -0.2) is 4.79 Å². The van der Waals surface area contributed by atoms with Gasteiger partial charge in [-0.2, -0.15) is 0 Å². The van der Waals surface area contributed by atoms with Crippen LogP contribution >= 0.6 is 0 Å². The van der Waals surface area contributed by atoms with E-state index in [0.717, 1.165) is 19.3 Å². The largest absolute Gasteiger partial charge is 0.396 e. The average molecular weight is 305 g/mol. The second-order valence-corrected chi connectivity index (χ2v) is 6.11. The molecule has 0 heterocycles. The van der Waals surface area contributed by atoms with Gasteiger partial charge in [0.25, 0.3) is 5.69 Å². The van der Waals surface area contributed by atoms with E-state index in [1.54, 1.807) is 0 Å². The molecule has 0 saturated heterocycles. The van der Waals surface area contributed by atoms with Gasteiger partial charge in [0.2, 0.25) is 0 Å². The summed E-state index contributed by atoms with van der Waals surface area (Å²) in [7, 11) is 0. The molecule has 0 aliphatic heterocycles. The number of nitrogens with one attached hydrogen (secondary N) is 2. The maximum absolute atomic E-state index is 12.1. The summed E-state index contributed by atoms with van der Waals surface area (Å²) in [5.41, 5.74) is 0.492. The zero-order valence-corrected chi connectivity index (χ0v) is 12.1. The van der Waals surface area contributed by atoms with Gasteiger partial charge in [0.1, 0.15) is 0 Å². The Morgan fingerprint density at radius 2 is 1.95 bits per heavy atom. The zero-order chi connectivity index (χ0) is 15.7. The molecule has 0 unspecified atom stereocenters. The second-order valence-electron chi connectivity index (χ2n) is 6.11. The van der Waals surface area contributed by atoms with Crippen LogP contribution in [0.25, 0.3) is 0 Å². The minimum Gasteiger partial charge on any atom is -0.396 e. The molecule has 22 heavy (non-hydrogen) atoms. The fraction of sp³-hybridized carbons (Fsp3) is 0.533. The highest BCUT2D eigenvalue weighted by Gasteiger charge is 2.47. The predicted molar refractivity (Wildman–Crippen MR) is 80.4 cm³/mol. The third-order valence-electron chi connectivity index (χ3n) is 4.93. The SMILES string of the molecule is O=C(Nc1ccc([N+](=O)[O-])cc1)N[C@H]1[C@H]2CC[C@@H](C2)[C@H]1CO. The number of rotatable bonds is 4. The second kappa shape index (κ2) is 5.92. The minimum absolute atomic E-state index is 0.0144. The van der Waals surface area contributed by atoms with E-state index in [4.69, 9.17) is 0 Å². The fourth-order valence-corrected chi connectivity index (χ4v) is 3.88.